The molecule has 0 aliphatic rings. The van der Waals surface area contributed by atoms with Gasteiger partial charge in [0.2, 0.25) is 0 Å². The molecule has 2 rings (SSSR count). The Hall–Kier alpha value is -1.55. The molecule has 0 saturated carbocycles. The maximum absolute atomic E-state index is 10.8. The average Bonchev–Trinajstić information content (AvgIpc) is 2.29. The first-order chi connectivity index (χ1) is 7.57. The molecule has 16 heavy (non-hydrogen) atoms. The Balaban J connectivity index is 2.38. The summed E-state index contributed by atoms with van der Waals surface area (Å²) in [4.78, 5) is 27.6. The van der Waals surface area contributed by atoms with Crippen molar-refractivity contribution in [2.75, 3.05) is 0 Å². The van der Waals surface area contributed by atoms with Crippen LogP contribution in [0.1, 0.15) is 0 Å². The van der Waals surface area contributed by atoms with E-state index in [1.807, 2.05) is 6.07 Å². The average molecular weight is 235 g/mol. The van der Waals surface area contributed by atoms with E-state index in [4.69, 9.17) is 4.89 Å². The van der Waals surface area contributed by atoms with Crippen LogP contribution < -0.4 is 10.2 Å². The molecule has 0 amide bonds. The molecular weight excluding hydrogens is 227 g/mol. The van der Waals surface area contributed by atoms with E-state index in [2.05, 4.69) is 9.97 Å². The van der Waals surface area contributed by atoms with Gasteiger partial charge in [-0.1, -0.05) is 6.07 Å². The standard InChI is InChI=1S/C10H9N2O3P/c13-16(14,15)8-4-5-10(12-7-8)9-3-1-2-6-11-9/h1-7H,(H2,13,14,15)/p-1. The van der Waals surface area contributed by atoms with Gasteiger partial charge in [0, 0.05) is 17.7 Å². The molecule has 2 heterocycles. The van der Waals surface area contributed by atoms with Gasteiger partial charge in [0.1, 0.15) is 0 Å². The van der Waals surface area contributed by atoms with Crippen LogP contribution in [0.5, 0.6) is 0 Å². The molecule has 0 bridgehead atoms. The fraction of sp³-hybridized carbons (Fsp3) is 0. The van der Waals surface area contributed by atoms with E-state index >= 15 is 0 Å². The fourth-order valence-electron chi connectivity index (χ4n) is 1.22. The van der Waals surface area contributed by atoms with E-state index in [1.165, 1.54) is 12.1 Å². The first-order valence-corrected chi connectivity index (χ1v) is 6.07. The summed E-state index contributed by atoms with van der Waals surface area (Å²) < 4.78 is 10.8. The van der Waals surface area contributed by atoms with Crippen LogP contribution in [0, 0.1) is 0 Å². The summed E-state index contributed by atoms with van der Waals surface area (Å²) in [7, 11) is -4.46. The van der Waals surface area contributed by atoms with Gasteiger partial charge in [-0.15, -0.1) is 0 Å². The van der Waals surface area contributed by atoms with E-state index in [9.17, 15) is 9.46 Å². The number of hydrogen-bond acceptors (Lipinski definition) is 4. The quantitative estimate of drug-likeness (QED) is 0.757. The van der Waals surface area contributed by atoms with Crippen LogP contribution in [0.15, 0.2) is 42.7 Å². The summed E-state index contributed by atoms with van der Waals surface area (Å²) in [6.45, 7) is 0. The third-order valence-electron chi connectivity index (χ3n) is 2.00. The summed E-state index contributed by atoms with van der Waals surface area (Å²) in [5.74, 6) is 0. The number of rotatable bonds is 2. The second kappa shape index (κ2) is 4.14. The van der Waals surface area contributed by atoms with Crippen molar-refractivity contribution in [2.45, 2.75) is 0 Å². The SMILES string of the molecule is O=P([O-])(O)c1ccc(-c2ccccn2)nc1. The highest BCUT2D eigenvalue weighted by Crippen LogP contribution is 2.27. The van der Waals surface area contributed by atoms with Crippen molar-refractivity contribution in [1.29, 1.82) is 0 Å². The third-order valence-corrected chi connectivity index (χ3v) is 2.92. The van der Waals surface area contributed by atoms with Crippen molar-refractivity contribution in [2.24, 2.45) is 0 Å². The van der Waals surface area contributed by atoms with Gasteiger partial charge in [-0.05, 0) is 24.3 Å². The number of nitrogens with zero attached hydrogens (tertiary/aromatic N) is 2. The monoisotopic (exact) mass is 235 g/mol. The lowest BCUT2D eigenvalue weighted by Gasteiger charge is -2.15. The molecule has 0 fully saturated rings. The van der Waals surface area contributed by atoms with E-state index in [0.717, 1.165) is 6.20 Å². The van der Waals surface area contributed by atoms with Gasteiger partial charge in [0.25, 0.3) is 0 Å². The topological polar surface area (TPSA) is 86.1 Å². The summed E-state index contributed by atoms with van der Waals surface area (Å²) in [5, 5.41) is -0.202. The molecule has 1 N–H and O–H groups in total. The van der Waals surface area contributed by atoms with Crippen LogP contribution in [-0.2, 0) is 4.57 Å². The van der Waals surface area contributed by atoms with Gasteiger partial charge in [-0.3, -0.25) is 9.97 Å². The maximum Gasteiger partial charge on any atom is 0.164 e. The summed E-state index contributed by atoms with van der Waals surface area (Å²) in [6.07, 6.45) is 2.73. The zero-order chi connectivity index (χ0) is 11.6. The van der Waals surface area contributed by atoms with E-state index in [0.29, 0.717) is 11.4 Å². The first kappa shape index (κ1) is 11.0. The van der Waals surface area contributed by atoms with Crippen LogP contribution in [0.4, 0.5) is 0 Å². The molecule has 0 aliphatic heterocycles. The molecule has 5 nitrogen and oxygen atoms in total. The fourth-order valence-corrected chi connectivity index (χ4v) is 1.69. The Labute approximate surface area is 92.0 Å². The zero-order valence-electron chi connectivity index (χ0n) is 8.15. The molecule has 82 valence electrons. The van der Waals surface area contributed by atoms with E-state index < -0.39 is 7.60 Å². The highest BCUT2D eigenvalue weighted by molar-refractivity contribution is 7.58. The van der Waals surface area contributed by atoms with Gasteiger partial charge < -0.3 is 14.4 Å². The third kappa shape index (κ3) is 2.33. The molecule has 0 spiro atoms. The largest absolute Gasteiger partial charge is 0.775 e. The summed E-state index contributed by atoms with van der Waals surface area (Å²) in [5.41, 5.74) is 1.20. The molecule has 0 aromatic carbocycles. The predicted octanol–water partition coefficient (Wildman–Crippen LogP) is 0.315. The molecule has 1 atom stereocenters. The number of aromatic nitrogens is 2. The Morgan fingerprint density at radius 2 is 1.88 bits per heavy atom. The predicted molar refractivity (Wildman–Crippen MR) is 56.9 cm³/mol. The molecule has 0 aliphatic carbocycles. The Bertz CT molecular complexity index is 522. The van der Waals surface area contributed by atoms with Crippen molar-refractivity contribution in [1.82, 2.24) is 9.97 Å². The summed E-state index contributed by atoms with van der Waals surface area (Å²) in [6, 6.07) is 8.14. The number of hydrogen-bond donors (Lipinski definition) is 1. The molecular formula is C10H8N2O3P-. The van der Waals surface area contributed by atoms with Crippen LogP contribution in [0.25, 0.3) is 11.4 Å². The maximum atomic E-state index is 10.8. The van der Waals surface area contributed by atoms with Crippen molar-refractivity contribution >= 4 is 12.9 Å². The van der Waals surface area contributed by atoms with Crippen molar-refractivity contribution in [3.63, 3.8) is 0 Å². The molecule has 1 unspecified atom stereocenters. The summed E-state index contributed by atoms with van der Waals surface area (Å²) >= 11 is 0. The molecule has 6 heteroatoms. The van der Waals surface area contributed by atoms with Crippen LogP contribution in [0.2, 0.25) is 0 Å². The normalized spacial score (nSPS) is 14.4. The second-order valence-electron chi connectivity index (χ2n) is 3.14. The van der Waals surface area contributed by atoms with Gasteiger partial charge in [0.15, 0.2) is 7.60 Å². The Kier molecular flexibility index (Phi) is 2.83. The molecule has 2 aromatic rings. The van der Waals surface area contributed by atoms with Crippen LogP contribution in [-0.4, -0.2) is 14.9 Å². The van der Waals surface area contributed by atoms with Crippen molar-refractivity contribution in [3.8, 4) is 11.4 Å². The van der Waals surface area contributed by atoms with E-state index in [-0.39, 0.29) is 5.30 Å². The van der Waals surface area contributed by atoms with E-state index in [1.54, 1.807) is 18.3 Å². The lowest BCUT2D eigenvalue weighted by molar-refractivity contribution is -0.188. The van der Waals surface area contributed by atoms with Crippen molar-refractivity contribution < 1.29 is 14.4 Å². The van der Waals surface area contributed by atoms with Crippen LogP contribution in [0.3, 0.4) is 0 Å². The smallest absolute Gasteiger partial charge is 0.164 e. The van der Waals surface area contributed by atoms with Gasteiger partial charge in [0.05, 0.1) is 11.4 Å². The van der Waals surface area contributed by atoms with Crippen LogP contribution >= 0.6 is 7.60 Å². The van der Waals surface area contributed by atoms with Gasteiger partial charge in [-0.2, -0.15) is 0 Å². The molecule has 0 radical (unpaired) electrons. The second-order valence-corrected chi connectivity index (χ2v) is 4.69. The van der Waals surface area contributed by atoms with Crippen molar-refractivity contribution in [3.05, 3.63) is 42.7 Å². The lowest BCUT2D eigenvalue weighted by Crippen LogP contribution is -2.14. The highest BCUT2D eigenvalue weighted by Gasteiger charge is 2.07. The highest BCUT2D eigenvalue weighted by atomic mass is 31.2. The van der Waals surface area contributed by atoms with Gasteiger partial charge in [-0.25, -0.2) is 0 Å². The minimum atomic E-state index is -4.46. The minimum Gasteiger partial charge on any atom is -0.775 e. The molecule has 0 saturated heterocycles. The lowest BCUT2D eigenvalue weighted by atomic mass is 10.2. The van der Waals surface area contributed by atoms with Gasteiger partial charge >= 0.3 is 0 Å². The zero-order valence-corrected chi connectivity index (χ0v) is 9.04. The molecule has 2 aromatic heterocycles. The minimum absolute atomic E-state index is 0.202. The Morgan fingerprint density at radius 3 is 2.38 bits per heavy atom. The number of pyridine rings is 2. The Morgan fingerprint density at radius 1 is 1.12 bits per heavy atom. The first-order valence-electron chi connectivity index (χ1n) is 4.49.